The van der Waals surface area contributed by atoms with Crippen LogP contribution in [-0.2, 0) is 18.0 Å². The van der Waals surface area contributed by atoms with Crippen molar-refractivity contribution in [3.05, 3.63) is 164 Å². The lowest BCUT2D eigenvalue weighted by Crippen LogP contribution is -2.10. The molecule has 238 valence electrons. The van der Waals surface area contributed by atoms with Gasteiger partial charge in [-0.15, -0.1) is 0 Å². The molecule has 0 spiro atoms. The number of anilines is 3. The first-order chi connectivity index (χ1) is 23.3. The van der Waals surface area contributed by atoms with Gasteiger partial charge in [0, 0.05) is 28.2 Å². The van der Waals surface area contributed by atoms with Crippen molar-refractivity contribution in [2.45, 2.75) is 20.1 Å². The number of aliphatic hydroxyl groups excluding tert-OH is 1. The van der Waals surface area contributed by atoms with Crippen LogP contribution in [0.25, 0.3) is 38.4 Å². The van der Waals surface area contributed by atoms with Crippen molar-refractivity contribution in [3.63, 3.8) is 0 Å². The molecule has 0 aliphatic rings. The fraction of sp³-hybridized carbons (Fsp3) is 0.0732. The van der Waals surface area contributed by atoms with Gasteiger partial charge in [-0.2, -0.15) is 0 Å². The number of fused-ring (bicyclic) bond motifs is 3. The fourth-order valence-electron chi connectivity index (χ4n) is 6.06. The second-order valence-electron chi connectivity index (χ2n) is 11.6. The average Bonchev–Trinajstić information content (AvgIpc) is 3.11. The van der Waals surface area contributed by atoms with Crippen molar-refractivity contribution in [2.75, 3.05) is 4.90 Å². The number of benzene rings is 7. The number of aliphatic hydroxyl groups is 1. The van der Waals surface area contributed by atoms with Gasteiger partial charge in [-0.05, 0) is 93.3 Å². The molecular weight excluding hydrogens is 680 g/mol. The Kier molecular flexibility index (Phi) is 9.24. The number of halogens is 4. The summed E-state index contributed by atoms with van der Waals surface area (Å²) in [5.41, 5.74) is 5.11. The Hall–Kier alpha value is -4.22. The van der Waals surface area contributed by atoms with Gasteiger partial charge in [0.15, 0.2) is 0 Å². The molecule has 0 atom stereocenters. The smallest absolute Gasteiger partial charge is 0.115 e. The van der Waals surface area contributed by atoms with Crippen molar-refractivity contribution >= 4 is 102 Å². The first-order valence-electron chi connectivity index (χ1n) is 15.4. The van der Waals surface area contributed by atoms with Crippen molar-refractivity contribution in [2.24, 2.45) is 0 Å². The molecule has 3 nitrogen and oxygen atoms in total. The lowest BCUT2D eigenvalue weighted by Gasteiger charge is -2.26. The predicted octanol–water partition coefficient (Wildman–Crippen LogP) is 13.3. The molecule has 0 bridgehead atoms. The second kappa shape index (κ2) is 13.7. The van der Waals surface area contributed by atoms with E-state index >= 15 is 0 Å². The molecule has 0 heterocycles. The molecule has 0 fully saturated rings. The maximum absolute atomic E-state index is 9.89. The van der Waals surface area contributed by atoms with E-state index < -0.39 is 0 Å². The van der Waals surface area contributed by atoms with Crippen molar-refractivity contribution in [1.82, 2.24) is 0 Å². The van der Waals surface area contributed by atoms with E-state index in [4.69, 9.17) is 51.1 Å². The molecule has 0 saturated heterocycles. The summed E-state index contributed by atoms with van der Waals surface area (Å²) in [4.78, 5) is 2.31. The lowest BCUT2D eigenvalue weighted by atomic mass is 10.0. The zero-order chi connectivity index (χ0) is 33.4. The van der Waals surface area contributed by atoms with E-state index in [1.165, 1.54) is 21.5 Å². The quantitative estimate of drug-likeness (QED) is 0.0969. The third-order valence-corrected chi connectivity index (χ3v) is 10.4. The summed E-state index contributed by atoms with van der Waals surface area (Å²) in [6.07, 6.45) is 1.95. The van der Waals surface area contributed by atoms with Crippen LogP contribution in [-0.4, -0.2) is 5.11 Å². The van der Waals surface area contributed by atoms with Crippen molar-refractivity contribution < 1.29 is 9.84 Å². The minimum atomic E-state index is -0.345. The summed E-state index contributed by atoms with van der Waals surface area (Å²) in [5.74, 6) is 0.659. The van der Waals surface area contributed by atoms with Gasteiger partial charge in [0.05, 0.1) is 32.5 Å². The molecule has 0 saturated carbocycles. The molecule has 0 aromatic heterocycles. The molecule has 0 aliphatic carbocycles. The monoisotopic (exact) mass is 707 g/mol. The minimum Gasteiger partial charge on any atom is -0.493 e. The Labute approximate surface area is 299 Å². The van der Waals surface area contributed by atoms with Gasteiger partial charge in [0.2, 0.25) is 0 Å². The van der Waals surface area contributed by atoms with E-state index in [0.29, 0.717) is 16.9 Å². The third kappa shape index (κ3) is 6.33. The molecule has 7 aromatic carbocycles. The number of rotatable bonds is 8. The van der Waals surface area contributed by atoms with E-state index in [1.54, 1.807) is 0 Å². The standard InChI is InChI=1S/C41H29Cl4NO2/c1-25(48-24-37-36(23-47)38(42)40(44)41(45)39(37)43)18-26-10-11-32-22-35(17-14-31(32)19-26)46(33-15-12-27-6-2-4-8-29(27)20-33)34-16-13-28-7-3-5-9-30(28)21-34/h2-22,47H,23-24H2,1H3/b25-18-. The first kappa shape index (κ1) is 32.3. The molecule has 48 heavy (non-hydrogen) atoms. The second-order valence-corrected chi connectivity index (χ2v) is 13.1. The van der Waals surface area contributed by atoms with Gasteiger partial charge in [0.25, 0.3) is 0 Å². The maximum Gasteiger partial charge on any atom is 0.115 e. The third-order valence-electron chi connectivity index (χ3n) is 8.53. The van der Waals surface area contributed by atoms with E-state index in [0.717, 1.165) is 33.4 Å². The Morgan fingerprint density at radius 3 is 1.54 bits per heavy atom. The van der Waals surface area contributed by atoms with Crippen LogP contribution in [0.4, 0.5) is 17.1 Å². The summed E-state index contributed by atoms with van der Waals surface area (Å²) < 4.78 is 6.03. The SMILES string of the molecule is C/C(=C/c1ccc2cc(N(c3ccc4ccccc4c3)c3ccc4ccccc4c3)ccc2c1)OCc1c(Cl)c(Cl)c(Cl)c(Cl)c1CO. The highest BCUT2D eigenvalue weighted by atomic mass is 35.5. The van der Waals surface area contributed by atoms with Crippen LogP contribution in [0, 0.1) is 0 Å². The average molecular weight is 710 g/mol. The molecule has 7 heteroatoms. The van der Waals surface area contributed by atoms with Gasteiger partial charge in [-0.3, -0.25) is 0 Å². The Bertz CT molecular complexity index is 2290. The lowest BCUT2D eigenvalue weighted by molar-refractivity contribution is 0.199. The highest BCUT2D eigenvalue weighted by Gasteiger charge is 2.20. The summed E-state index contributed by atoms with van der Waals surface area (Å²) in [7, 11) is 0. The first-order valence-corrected chi connectivity index (χ1v) is 16.9. The van der Waals surface area contributed by atoms with Gasteiger partial charge in [-0.1, -0.05) is 125 Å². The van der Waals surface area contributed by atoms with Gasteiger partial charge >= 0.3 is 0 Å². The Morgan fingerprint density at radius 2 is 1.00 bits per heavy atom. The van der Waals surface area contributed by atoms with Gasteiger partial charge < -0.3 is 14.7 Å². The molecule has 0 radical (unpaired) electrons. The van der Waals surface area contributed by atoms with Crippen LogP contribution in [0.15, 0.2) is 127 Å². The topological polar surface area (TPSA) is 32.7 Å². The number of hydrogen-bond acceptors (Lipinski definition) is 3. The number of ether oxygens (including phenoxy) is 1. The summed E-state index contributed by atoms with van der Waals surface area (Å²) in [6, 6.07) is 42.9. The van der Waals surface area contributed by atoms with Crippen LogP contribution in [0.3, 0.4) is 0 Å². The highest BCUT2D eigenvalue weighted by Crippen LogP contribution is 2.42. The molecular formula is C41H29Cl4NO2. The Balaban J connectivity index is 1.21. The number of nitrogens with zero attached hydrogens (tertiary/aromatic N) is 1. The van der Waals surface area contributed by atoms with Crippen LogP contribution in [0.5, 0.6) is 0 Å². The Morgan fingerprint density at radius 1 is 0.562 bits per heavy atom. The molecule has 0 aliphatic heterocycles. The van der Waals surface area contributed by atoms with Crippen molar-refractivity contribution in [3.8, 4) is 0 Å². The molecule has 7 aromatic rings. The zero-order valence-corrected chi connectivity index (χ0v) is 28.9. The van der Waals surface area contributed by atoms with Crippen LogP contribution in [0.2, 0.25) is 20.1 Å². The van der Waals surface area contributed by atoms with Gasteiger partial charge in [0.1, 0.15) is 6.61 Å². The number of hydrogen-bond donors (Lipinski definition) is 1. The fourth-order valence-corrected chi connectivity index (χ4v) is 7.10. The van der Waals surface area contributed by atoms with Crippen molar-refractivity contribution in [1.29, 1.82) is 0 Å². The van der Waals surface area contributed by atoms with E-state index in [2.05, 4.69) is 126 Å². The van der Waals surface area contributed by atoms with Crippen LogP contribution >= 0.6 is 46.4 Å². The molecule has 0 unspecified atom stereocenters. The zero-order valence-electron chi connectivity index (χ0n) is 25.9. The molecule has 0 amide bonds. The van der Waals surface area contributed by atoms with E-state index in [9.17, 15) is 5.11 Å². The molecule has 7 rings (SSSR count). The molecule has 1 N–H and O–H groups in total. The number of allylic oxidation sites excluding steroid dienone is 1. The predicted molar refractivity (Wildman–Crippen MR) is 204 cm³/mol. The largest absolute Gasteiger partial charge is 0.493 e. The summed E-state index contributed by atoms with van der Waals surface area (Å²) in [6.45, 7) is 1.59. The minimum absolute atomic E-state index is 0.0734. The normalized spacial score (nSPS) is 11.8. The highest BCUT2D eigenvalue weighted by molar-refractivity contribution is 6.52. The van der Waals surface area contributed by atoms with E-state index in [1.807, 2.05) is 13.0 Å². The maximum atomic E-state index is 9.89. The summed E-state index contributed by atoms with van der Waals surface area (Å²) >= 11 is 25.2. The van der Waals surface area contributed by atoms with Crippen LogP contribution < -0.4 is 4.90 Å². The van der Waals surface area contributed by atoms with E-state index in [-0.39, 0.29) is 33.3 Å². The summed E-state index contributed by atoms with van der Waals surface area (Å²) in [5, 5.41) is 17.5. The van der Waals surface area contributed by atoms with Crippen LogP contribution in [0.1, 0.15) is 23.6 Å². The van der Waals surface area contributed by atoms with Gasteiger partial charge in [-0.25, -0.2) is 0 Å².